The summed E-state index contributed by atoms with van der Waals surface area (Å²) in [5.41, 5.74) is 0.422. The van der Waals surface area contributed by atoms with Crippen molar-refractivity contribution in [1.29, 1.82) is 0 Å². The Balaban J connectivity index is 1.99. The molecule has 1 N–H and O–H groups in total. The predicted octanol–water partition coefficient (Wildman–Crippen LogP) is 2.35. The molecule has 0 radical (unpaired) electrons. The van der Waals surface area contributed by atoms with Gasteiger partial charge in [0, 0.05) is 12.5 Å². The number of amides is 2. The van der Waals surface area contributed by atoms with Crippen LogP contribution in [-0.2, 0) is 9.59 Å². The summed E-state index contributed by atoms with van der Waals surface area (Å²) in [6.45, 7) is 0.0380. The highest BCUT2D eigenvalue weighted by Crippen LogP contribution is 2.33. The van der Waals surface area contributed by atoms with Gasteiger partial charge < -0.3 is 10.2 Å². The third kappa shape index (κ3) is 2.73. The number of carbonyl (C=O) groups is 2. The molecular weight excluding hydrogens is 321 g/mol. The summed E-state index contributed by atoms with van der Waals surface area (Å²) in [7, 11) is 0. The van der Waals surface area contributed by atoms with Gasteiger partial charge >= 0.3 is 0 Å². The van der Waals surface area contributed by atoms with Crippen LogP contribution in [0, 0.1) is 17.5 Å². The molecule has 124 valence electrons. The van der Waals surface area contributed by atoms with E-state index in [-0.39, 0.29) is 12.2 Å². The molecule has 24 heavy (non-hydrogen) atoms. The number of rotatable bonds is 4. The number of nitrogens with one attached hydrogen (secondary N) is 1. The Morgan fingerprint density at radius 1 is 1.04 bits per heavy atom. The molecule has 7 heteroatoms. The largest absolute Gasteiger partial charge is 0.346 e. The van der Waals surface area contributed by atoms with Crippen molar-refractivity contribution in [2.75, 3.05) is 11.4 Å². The lowest BCUT2D eigenvalue weighted by molar-refractivity contribution is -0.121. The Morgan fingerprint density at radius 2 is 1.79 bits per heavy atom. The van der Waals surface area contributed by atoms with E-state index < -0.39 is 35.3 Å². The van der Waals surface area contributed by atoms with E-state index in [2.05, 4.69) is 5.32 Å². The molecule has 0 spiro atoms. The maximum Gasteiger partial charge on any atom is 0.250 e. The fourth-order valence-electron chi connectivity index (χ4n) is 2.92. The quantitative estimate of drug-likeness (QED) is 0.873. The number of hydrogen-bond donors (Lipinski definition) is 1. The van der Waals surface area contributed by atoms with Crippen LogP contribution in [0.15, 0.2) is 42.5 Å². The molecule has 1 aliphatic rings. The summed E-state index contributed by atoms with van der Waals surface area (Å²) < 4.78 is 40.6. The minimum absolute atomic E-state index is 0.0380. The van der Waals surface area contributed by atoms with Gasteiger partial charge in [-0.2, -0.15) is 0 Å². The normalized spacial score (nSPS) is 20.3. The molecule has 0 aromatic heterocycles. The number of nitrogens with zero attached hydrogens (tertiary/aromatic N) is 1. The van der Waals surface area contributed by atoms with Crippen LogP contribution in [0.5, 0.6) is 0 Å². The number of para-hydroxylation sites is 1. The lowest BCUT2D eigenvalue weighted by Crippen LogP contribution is -2.39. The third-order valence-corrected chi connectivity index (χ3v) is 4.08. The monoisotopic (exact) mass is 334 g/mol. The first-order chi connectivity index (χ1) is 11.5. The van der Waals surface area contributed by atoms with Crippen molar-refractivity contribution in [2.24, 2.45) is 0 Å². The average Bonchev–Trinajstić information content (AvgIpc) is 2.88. The molecular formula is C17H13F3N2O2. The lowest BCUT2D eigenvalue weighted by atomic mass is 9.94. The van der Waals surface area contributed by atoms with Crippen LogP contribution in [0.1, 0.15) is 11.5 Å². The van der Waals surface area contributed by atoms with Crippen molar-refractivity contribution in [2.45, 2.75) is 12.0 Å². The summed E-state index contributed by atoms with van der Waals surface area (Å²) in [6.07, 6.45) is 0.361. The Kier molecular flexibility index (Phi) is 4.24. The molecule has 2 unspecified atom stereocenters. The van der Waals surface area contributed by atoms with E-state index >= 15 is 0 Å². The first-order valence-corrected chi connectivity index (χ1v) is 7.23. The van der Waals surface area contributed by atoms with Crippen molar-refractivity contribution >= 4 is 18.0 Å². The molecule has 2 atom stereocenters. The third-order valence-electron chi connectivity index (χ3n) is 4.08. The van der Waals surface area contributed by atoms with E-state index in [1.54, 1.807) is 6.07 Å². The average molecular weight is 334 g/mol. The fourth-order valence-corrected chi connectivity index (χ4v) is 2.92. The zero-order valence-electron chi connectivity index (χ0n) is 12.4. The van der Waals surface area contributed by atoms with E-state index in [0.717, 1.165) is 12.1 Å². The summed E-state index contributed by atoms with van der Waals surface area (Å²) in [4.78, 5) is 24.6. The number of halogens is 3. The summed E-state index contributed by atoms with van der Waals surface area (Å²) >= 11 is 0. The van der Waals surface area contributed by atoms with Gasteiger partial charge in [-0.15, -0.1) is 0 Å². The van der Waals surface area contributed by atoms with Crippen LogP contribution in [0.3, 0.4) is 0 Å². The Labute approximate surface area is 135 Å². The zero-order chi connectivity index (χ0) is 17.3. The molecule has 2 aromatic rings. The maximum absolute atomic E-state index is 14.0. The van der Waals surface area contributed by atoms with Crippen LogP contribution in [0.2, 0.25) is 0 Å². The molecule has 2 amide bonds. The molecule has 2 aromatic carbocycles. The summed E-state index contributed by atoms with van der Waals surface area (Å²) in [5.74, 6) is -3.77. The van der Waals surface area contributed by atoms with Gasteiger partial charge in [-0.3, -0.25) is 9.59 Å². The first-order valence-electron chi connectivity index (χ1n) is 7.23. The zero-order valence-corrected chi connectivity index (χ0v) is 12.4. The van der Waals surface area contributed by atoms with Crippen molar-refractivity contribution in [3.05, 3.63) is 65.5 Å². The second-order valence-corrected chi connectivity index (χ2v) is 5.44. The maximum atomic E-state index is 14.0. The van der Waals surface area contributed by atoms with Gasteiger partial charge in [0.05, 0.1) is 5.69 Å². The van der Waals surface area contributed by atoms with Crippen molar-refractivity contribution in [3.8, 4) is 0 Å². The Morgan fingerprint density at radius 3 is 2.46 bits per heavy atom. The fraction of sp³-hybridized carbons (Fsp3) is 0.176. The second-order valence-electron chi connectivity index (χ2n) is 5.44. The number of benzene rings is 2. The van der Waals surface area contributed by atoms with E-state index in [4.69, 9.17) is 0 Å². The first kappa shape index (κ1) is 16.0. The van der Waals surface area contributed by atoms with Crippen LogP contribution in [0.25, 0.3) is 0 Å². The molecule has 1 heterocycles. The standard InChI is InChI=1S/C17H13F3N2O2/c18-12-6-5-10(7-14(12)20)11-8-22(17(24)16(11)21-9-23)15-4-2-1-3-13(15)19/h1-7,9,11,16H,8H2,(H,21,23). The van der Waals surface area contributed by atoms with Crippen LogP contribution >= 0.6 is 0 Å². The van der Waals surface area contributed by atoms with Gasteiger partial charge in [0.25, 0.3) is 0 Å². The van der Waals surface area contributed by atoms with Gasteiger partial charge in [0.1, 0.15) is 11.9 Å². The van der Waals surface area contributed by atoms with Gasteiger partial charge in [0.2, 0.25) is 12.3 Å². The van der Waals surface area contributed by atoms with Gasteiger partial charge in [-0.25, -0.2) is 13.2 Å². The molecule has 4 nitrogen and oxygen atoms in total. The molecule has 1 aliphatic heterocycles. The van der Waals surface area contributed by atoms with Gasteiger partial charge in [-0.05, 0) is 29.8 Å². The molecule has 3 rings (SSSR count). The lowest BCUT2D eigenvalue weighted by Gasteiger charge is -2.17. The highest BCUT2D eigenvalue weighted by atomic mass is 19.2. The SMILES string of the molecule is O=CNC1C(=O)N(c2ccccc2F)CC1c1ccc(F)c(F)c1. The second kappa shape index (κ2) is 6.35. The molecule has 1 fully saturated rings. The predicted molar refractivity (Wildman–Crippen MR) is 80.8 cm³/mol. The minimum atomic E-state index is -1.05. The van der Waals surface area contributed by atoms with Crippen molar-refractivity contribution < 1.29 is 22.8 Å². The number of anilines is 1. The topological polar surface area (TPSA) is 49.4 Å². The number of carbonyl (C=O) groups excluding carboxylic acids is 2. The Bertz CT molecular complexity index is 797. The van der Waals surface area contributed by atoms with Crippen molar-refractivity contribution in [3.63, 3.8) is 0 Å². The Hall–Kier alpha value is -2.83. The molecule has 0 bridgehead atoms. The minimum Gasteiger partial charge on any atom is -0.346 e. The molecule has 0 saturated carbocycles. The highest BCUT2D eigenvalue weighted by molar-refractivity contribution is 6.01. The highest BCUT2D eigenvalue weighted by Gasteiger charge is 2.42. The van der Waals surface area contributed by atoms with E-state index in [9.17, 15) is 22.8 Å². The van der Waals surface area contributed by atoms with Gasteiger partial charge in [-0.1, -0.05) is 18.2 Å². The smallest absolute Gasteiger partial charge is 0.250 e. The van der Waals surface area contributed by atoms with Gasteiger partial charge in [0.15, 0.2) is 11.6 Å². The van der Waals surface area contributed by atoms with Crippen molar-refractivity contribution in [1.82, 2.24) is 5.32 Å². The number of hydrogen-bond acceptors (Lipinski definition) is 2. The van der Waals surface area contributed by atoms with Crippen LogP contribution < -0.4 is 10.2 Å². The summed E-state index contributed by atoms with van der Waals surface area (Å²) in [6, 6.07) is 8.05. The molecule has 1 saturated heterocycles. The van der Waals surface area contributed by atoms with E-state index in [1.807, 2.05) is 0 Å². The van der Waals surface area contributed by atoms with Crippen LogP contribution in [0.4, 0.5) is 18.9 Å². The van der Waals surface area contributed by atoms with Crippen LogP contribution in [-0.4, -0.2) is 24.9 Å². The summed E-state index contributed by atoms with van der Waals surface area (Å²) in [5, 5.41) is 2.39. The molecule has 0 aliphatic carbocycles. The van der Waals surface area contributed by atoms with E-state index in [1.165, 1.54) is 29.2 Å². The van der Waals surface area contributed by atoms with E-state index in [0.29, 0.717) is 12.0 Å².